The van der Waals surface area contributed by atoms with Crippen LogP contribution < -0.4 is 11.1 Å². The summed E-state index contributed by atoms with van der Waals surface area (Å²) in [6.45, 7) is 2.06. The second kappa shape index (κ2) is 3.65. The van der Waals surface area contributed by atoms with Crippen molar-refractivity contribution in [2.24, 2.45) is 0 Å². The van der Waals surface area contributed by atoms with E-state index in [9.17, 15) is 0 Å². The van der Waals surface area contributed by atoms with Crippen LogP contribution in [0.1, 0.15) is 5.56 Å². The Hall–Kier alpha value is -1.97. The van der Waals surface area contributed by atoms with E-state index in [-0.39, 0.29) is 0 Å². The van der Waals surface area contributed by atoms with Crippen LogP contribution in [0.25, 0.3) is 5.69 Å². The Kier molecular flexibility index (Phi) is 2.33. The van der Waals surface area contributed by atoms with Crippen LogP contribution in [0.4, 0.5) is 11.5 Å². The molecule has 0 atom stereocenters. The number of hydrogen-bond acceptors (Lipinski definition) is 3. The number of nitrogens with one attached hydrogen (secondary N) is 1. The number of nitrogens with two attached hydrogens (primary N) is 1. The molecule has 1 aromatic carbocycles. The van der Waals surface area contributed by atoms with Gasteiger partial charge in [-0.05, 0) is 30.7 Å². The monoisotopic (exact) mass is 202 g/mol. The summed E-state index contributed by atoms with van der Waals surface area (Å²) in [5.74, 6) is 0.533. The van der Waals surface area contributed by atoms with E-state index >= 15 is 0 Å². The van der Waals surface area contributed by atoms with Crippen molar-refractivity contribution in [1.82, 2.24) is 9.78 Å². The van der Waals surface area contributed by atoms with Crippen molar-refractivity contribution >= 4 is 11.5 Å². The molecule has 3 N–H and O–H groups in total. The topological polar surface area (TPSA) is 55.9 Å². The number of aromatic nitrogens is 2. The first kappa shape index (κ1) is 9.58. The first-order valence-corrected chi connectivity index (χ1v) is 4.80. The SMILES string of the molecule is CNc1ccc(-n2ccc(N)n2)cc1C. The quantitative estimate of drug-likeness (QED) is 0.780. The summed E-state index contributed by atoms with van der Waals surface area (Å²) < 4.78 is 1.77. The van der Waals surface area contributed by atoms with Crippen molar-refractivity contribution < 1.29 is 0 Å². The van der Waals surface area contributed by atoms with Gasteiger partial charge in [-0.25, -0.2) is 4.68 Å². The third-order valence-corrected chi connectivity index (χ3v) is 2.35. The molecule has 2 rings (SSSR count). The summed E-state index contributed by atoms with van der Waals surface area (Å²) in [4.78, 5) is 0. The Morgan fingerprint density at radius 3 is 2.67 bits per heavy atom. The molecule has 0 saturated carbocycles. The van der Waals surface area contributed by atoms with E-state index in [4.69, 9.17) is 5.73 Å². The number of anilines is 2. The third-order valence-electron chi connectivity index (χ3n) is 2.35. The van der Waals surface area contributed by atoms with Gasteiger partial charge in [-0.2, -0.15) is 5.10 Å². The molecule has 2 aromatic rings. The zero-order valence-electron chi connectivity index (χ0n) is 8.86. The molecule has 1 heterocycles. The zero-order valence-corrected chi connectivity index (χ0v) is 8.86. The second-order valence-corrected chi connectivity index (χ2v) is 3.43. The Labute approximate surface area is 88.7 Å². The number of hydrogen-bond donors (Lipinski definition) is 2. The van der Waals surface area contributed by atoms with E-state index < -0.39 is 0 Å². The molecule has 0 saturated heterocycles. The van der Waals surface area contributed by atoms with Crippen LogP contribution in [0.15, 0.2) is 30.5 Å². The second-order valence-electron chi connectivity index (χ2n) is 3.43. The van der Waals surface area contributed by atoms with Gasteiger partial charge in [-0.1, -0.05) is 0 Å². The smallest absolute Gasteiger partial charge is 0.145 e. The fourth-order valence-electron chi connectivity index (χ4n) is 1.55. The predicted molar refractivity (Wildman–Crippen MR) is 62.3 cm³/mol. The van der Waals surface area contributed by atoms with Crippen molar-refractivity contribution in [2.45, 2.75) is 6.92 Å². The average Bonchev–Trinajstić information content (AvgIpc) is 2.65. The van der Waals surface area contributed by atoms with Gasteiger partial charge < -0.3 is 11.1 Å². The largest absolute Gasteiger partial charge is 0.388 e. The normalized spacial score (nSPS) is 10.3. The average molecular weight is 202 g/mol. The molecule has 0 radical (unpaired) electrons. The molecule has 0 aliphatic heterocycles. The lowest BCUT2D eigenvalue weighted by Gasteiger charge is -2.07. The van der Waals surface area contributed by atoms with Gasteiger partial charge >= 0.3 is 0 Å². The van der Waals surface area contributed by atoms with Crippen molar-refractivity contribution in [3.8, 4) is 5.69 Å². The van der Waals surface area contributed by atoms with Gasteiger partial charge in [0, 0.05) is 25.0 Å². The molecule has 0 spiro atoms. The Morgan fingerprint density at radius 1 is 1.33 bits per heavy atom. The highest BCUT2D eigenvalue weighted by Crippen LogP contribution is 2.18. The molecule has 0 aliphatic carbocycles. The minimum atomic E-state index is 0.533. The minimum absolute atomic E-state index is 0.533. The number of aryl methyl sites for hydroxylation is 1. The molecule has 1 aromatic heterocycles. The summed E-state index contributed by atoms with van der Waals surface area (Å²) in [7, 11) is 1.91. The fourth-order valence-corrected chi connectivity index (χ4v) is 1.55. The molecule has 0 aliphatic rings. The first-order valence-electron chi connectivity index (χ1n) is 4.80. The third kappa shape index (κ3) is 1.79. The molecule has 0 fully saturated rings. The van der Waals surface area contributed by atoms with Crippen molar-refractivity contribution in [1.29, 1.82) is 0 Å². The molecule has 0 unspecified atom stereocenters. The Balaban J connectivity index is 2.42. The molecule has 4 nitrogen and oxygen atoms in total. The van der Waals surface area contributed by atoms with Gasteiger partial charge in [0.2, 0.25) is 0 Å². The van der Waals surface area contributed by atoms with Crippen LogP contribution >= 0.6 is 0 Å². The van der Waals surface area contributed by atoms with Gasteiger partial charge in [0.15, 0.2) is 0 Å². The lowest BCUT2D eigenvalue weighted by atomic mass is 10.2. The summed E-state index contributed by atoms with van der Waals surface area (Å²) in [5.41, 5.74) is 8.89. The maximum Gasteiger partial charge on any atom is 0.145 e. The van der Waals surface area contributed by atoms with Gasteiger partial charge in [0.25, 0.3) is 0 Å². The van der Waals surface area contributed by atoms with Gasteiger partial charge in [-0.3, -0.25) is 0 Å². The highest BCUT2D eigenvalue weighted by molar-refractivity contribution is 5.55. The number of rotatable bonds is 2. The van der Waals surface area contributed by atoms with E-state index in [0.29, 0.717) is 5.82 Å². The summed E-state index contributed by atoms with van der Waals surface area (Å²) >= 11 is 0. The van der Waals surface area contributed by atoms with Crippen molar-refractivity contribution in [3.63, 3.8) is 0 Å². The number of nitrogen functional groups attached to an aromatic ring is 1. The standard InChI is InChI=1S/C11H14N4/c1-8-7-9(3-4-10(8)13-2)15-6-5-11(12)14-15/h3-7,13H,1-2H3,(H2,12,14). The predicted octanol–water partition coefficient (Wildman–Crippen LogP) is 1.80. The lowest BCUT2D eigenvalue weighted by molar-refractivity contribution is 0.885. The van der Waals surface area contributed by atoms with Gasteiger partial charge in [0.05, 0.1) is 5.69 Å². The zero-order chi connectivity index (χ0) is 10.8. The minimum Gasteiger partial charge on any atom is -0.388 e. The fraction of sp³-hybridized carbons (Fsp3) is 0.182. The van der Waals surface area contributed by atoms with Crippen LogP contribution in [-0.2, 0) is 0 Å². The van der Waals surface area contributed by atoms with Crippen LogP contribution in [0.2, 0.25) is 0 Å². The number of nitrogens with zero attached hydrogens (tertiary/aromatic N) is 2. The highest BCUT2D eigenvalue weighted by Gasteiger charge is 2.01. The highest BCUT2D eigenvalue weighted by atomic mass is 15.3. The molecule has 0 amide bonds. The van der Waals surface area contributed by atoms with E-state index in [0.717, 1.165) is 11.4 Å². The molecular weight excluding hydrogens is 188 g/mol. The molecular formula is C11H14N4. The van der Waals surface area contributed by atoms with Gasteiger partial charge in [0.1, 0.15) is 5.82 Å². The van der Waals surface area contributed by atoms with E-state index in [1.807, 2.05) is 25.4 Å². The maximum atomic E-state index is 5.57. The number of benzene rings is 1. The molecule has 4 heteroatoms. The van der Waals surface area contributed by atoms with Crippen LogP contribution in [0.5, 0.6) is 0 Å². The summed E-state index contributed by atoms with van der Waals surface area (Å²) in [5, 5.41) is 7.28. The van der Waals surface area contributed by atoms with Crippen LogP contribution in [-0.4, -0.2) is 16.8 Å². The first-order chi connectivity index (χ1) is 7.20. The molecule has 0 bridgehead atoms. The Bertz CT molecular complexity index is 473. The maximum absolute atomic E-state index is 5.57. The van der Waals surface area contributed by atoms with Crippen molar-refractivity contribution in [3.05, 3.63) is 36.0 Å². The van der Waals surface area contributed by atoms with E-state index in [2.05, 4.69) is 23.4 Å². The molecule has 15 heavy (non-hydrogen) atoms. The van der Waals surface area contributed by atoms with Crippen molar-refractivity contribution in [2.75, 3.05) is 18.1 Å². The van der Waals surface area contributed by atoms with Crippen LogP contribution in [0.3, 0.4) is 0 Å². The van der Waals surface area contributed by atoms with Gasteiger partial charge in [-0.15, -0.1) is 0 Å². The van der Waals surface area contributed by atoms with Crippen LogP contribution in [0, 0.1) is 6.92 Å². The summed E-state index contributed by atoms with van der Waals surface area (Å²) in [6, 6.07) is 7.88. The lowest BCUT2D eigenvalue weighted by Crippen LogP contribution is -1.98. The van der Waals surface area contributed by atoms with E-state index in [1.54, 1.807) is 10.7 Å². The summed E-state index contributed by atoms with van der Waals surface area (Å²) in [6.07, 6.45) is 1.85. The molecule has 78 valence electrons. The van der Waals surface area contributed by atoms with E-state index in [1.165, 1.54) is 5.56 Å². The Morgan fingerprint density at radius 2 is 2.13 bits per heavy atom.